The molecule has 2 heterocycles. The highest BCUT2D eigenvalue weighted by molar-refractivity contribution is 7.89. The predicted molar refractivity (Wildman–Crippen MR) is 117 cm³/mol. The van der Waals surface area contributed by atoms with E-state index in [1.807, 2.05) is 6.07 Å². The van der Waals surface area contributed by atoms with Gasteiger partial charge in [0.2, 0.25) is 10.0 Å². The van der Waals surface area contributed by atoms with Crippen molar-refractivity contribution >= 4 is 33.2 Å². The highest BCUT2D eigenvalue weighted by atomic mass is 35.5. The fraction of sp³-hybridized carbons (Fsp3) is 0.190. The summed E-state index contributed by atoms with van der Waals surface area (Å²) in [5, 5.41) is 11.7. The minimum absolute atomic E-state index is 0.0121. The maximum atomic E-state index is 12.9. The molecule has 0 radical (unpaired) electrons. The third-order valence-corrected chi connectivity index (χ3v) is 7.44. The van der Waals surface area contributed by atoms with Crippen molar-refractivity contribution in [3.05, 3.63) is 81.6 Å². The minimum atomic E-state index is -4.07. The number of hydrogen-bond donors (Lipinski definition) is 0. The lowest BCUT2D eigenvalue weighted by Crippen LogP contribution is -2.50. The molecular weight excluding hydrogens is 458 g/mol. The molecule has 0 atom stereocenters. The number of nitro groups is 1. The molecule has 0 unspecified atom stereocenters. The number of para-hydroxylation sites is 1. The quantitative estimate of drug-likeness (QED) is 0.411. The summed E-state index contributed by atoms with van der Waals surface area (Å²) < 4.78 is 32.7. The Morgan fingerprint density at radius 2 is 1.62 bits per heavy atom. The SMILES string of the molecule is O=C(c1ccc(-c2ccccc2Cl)o1)N1CCN(S(=O)(=O)c2ccccc2[N+](=O)[O-])CC1. The molecule has 1 aliphatic rings. The largest absolute Gasteiger partial charge is 0.451 e. The molecule has 1 aliphatic heterocycles. The Hall–Kier alpha value is -3.21. The predicted octanol–water partition coefficient (Wildman–Crippen LogP) is 3.65. The van der Waals surface area contributed by atoms with E-state index in [0.29, 0.717) is 16.3 Å². The average molecular weight is 476 g/mol. The maximum Gasteiger partial charge on any atom is 0.289 e. The van der Waals surface area contributed by atoms with Gasteiger partial charge in [-0.1, -0.05) is 35.9 Å². The molecule has 9 nitrogen and oxygen atoms in total. The number of halogens is 1. The molecular formula is C21H18ClN3O6S. The Balaban J connectivity index is 1.47. The zero-order chi connectivity index (χ0) is 22.9. The third-order valence-electron chi connectivity index (χ3n) is 5.16. The van der Waals surface area contributed by atoms with Crippen molar-refractivity contribution in [1.82, 2.24) is 9.21 Å². The van der Waals surface area contributed by atoms with Gasteiger partial charge in [0.25, 0.3) is 11.6 Å². The van der Waals surface area contributed by atoms with Gasteiger partial charge in [-0.25, -0.2) is 8.42 Å². The summed E-state index contributed by atoms with van der Waals surface area (Å²) in [4.78, 5) is 24.5. The molecule has 0 aliphatic carbocycles. The van der Waals surface area contributed by atoms with E-state index in [2.05, 4.69) is 0 Å². The molecule has 0 spiro atoms. The van der Waals surface area contributed by atoms with Gasteiger partial charge in [0.1, 0.15) is 5.76 Å². The second-order valence-electron chi connectivity index (χ2n) is 7.06. The Morgan fingerprint density at radius 1 is 0.969 bits per heavy atom. The number of carbonyl (C=O) groups excluding carboxylic acids is 1. The van der Waals surface area contributed by atoms with E-state index in [0.717, 1.165) is 10.4 Å². The highest BCUT2D eigenvalue weighted by Gasteiger charge is 2.35. The Kier molecular flexibility index (Phi) is 6.00. The van der Waals surface area contributed by atoms with Crippen LogP contribution in [-0.4, -0.2) is 54.6 Å². The van der Waals surface area contributed by atoms with Gasteiger partial charge in [0.05, 0.1) is 9.95 Å². The second kappa shape index (κ2) is 8.73. The van der Waals surface area contributed by atoms with Crippen molar-refractivity contribution < 1.29 is 22.6 Å². The van der Waals surface area contributed by atoms with Crippen molar-refractivity contribution in [3.8, 4) is 11.3 Å². The topological polar surface area (TPSA) is 114 Å². The lowest BCUT2D eigenvalue weighted by atomic mass is 10.2. The number of furan rings is 1. The van der Waals surface area contributed by atoms with E-state index in [9.17, 15) is 23.3 Å². The number of piperazine rings is 1. The zero-order valence-electron chi connectivity index (χ0n) is 16.7. The van der Waals surface area contributed by atoms with Crippen LogP contribution in [0.25, 0.3) is 11.3 Å². The highest BCUT2D eigenvalue weighted by Crippen LogP contribution is 2.30. The van der Waals surface area contributed by atoms with Gasteiger partial charge in [-0.15, -0.1) is 0 Å². The number of nitro benzene ring substituents is 1. The smallest absolute Gasteiger partial charge is 0.289 e. The van der Waals surface area contributed by atoms with Crippen molar-refractivity contribution in [2.24, 2.45) is 0 Å². The molecule has 0 N–H and O–H groups in total. The monoisotopic (exact) mass is 475 g/mol. The molecule has 3 aromatic rings. The van der Waals surface area contributed by atoms with Crippen LogP contribution in [0.4, 0.5) is 5.69 Å². The van der Waals surface area contributed by atoms with E-state index in [1.165, 1.54) is 23.1 Å². The standard InChI is InChI=1S/C21H18ClN3O6S/c22-16-6-2-1-5-15(16)18-9-10-19(31-18)21(26)23-11-13-24(14-12-23)32(29,30)20-8-4-3-7-17(20)25(27)28/h1-10H,11-14H2. The lowest BCUT2D eigenvalue weighted by Gasteiger charge is -2.33. The zero-order valence-corrected chi connectivity index (χ0v) is 18.3. The second-order valence-corrected chi connectivity index (χ2v) is 9.38. The molecule has 32 heavy (non-hydrogen) atoms. The first kappa shape index (κ1) is 22.0. The average Bonchev–Trinajstić information content (AvgIpc) is 3.29. The van der Waals surface area contributed by atoms with Crippen LogP contribution in [0.1, 0.15) is 10.6 Å². The summed E-state index contributed by atoms with van der Waals surface area (Å²) in [6, 6.07) is 15.5. The Labute approximate surface area is 189 Å². The fourth-order valence-corrected chi connectivity index (χ4v) is 5.32. The van der Waals surface area contributed by atoms with Crippen LogP contribution >= 0.6 is 11.6 Å². The van der Waals surface area contributed by atoms with Crippen LogP contribution < -0.4 is 0 Å². The van der Waals surface area contributed by atoms with E-state index in [-0.39, 0.29) is 42.7 Å². The molecule has 1 aromatic heterocycles. The van der Waals surface area contributed by atoms with E-state index < -0.39 is 20.6 Å². The number of benzene rings is 2. The van der Waals surface area contributed by atoms with E-state index >= 15 is 0 Å². The van der Waals surface area contributed by atoms with Crippen LogP contribution in [0.2, 0.25) is 5.02 Å². The summed E-state index contributed by atoms with van der Waals surface area (Å²) in [6.07, 6.45) is 0. The van der Waals surface area contributed by atoms with Gasteiger partial charge in [-0.05, 0) is 30.3 Å². The summed E-state index contributed by atoms with van der Waals surface area (Å²) in [6.45, 7) is 0.276. The van der Waals surface area contributed by atoms with Gasteiger partial charge in [0.15, 0.2) is 10.7 Å². The summed E-state index contributed by atoms with van der Waals surface area (Å²) >= 11 is 6.18. The normalized spacial score (nSPS) is 15.0. The molecule has 2 aromatic carbocycles. The van der Waals surface area contributed by atoms with Gasteiger partial charge in [-0.3, -0.25) is 14.9 Å². The number of hydrogen-bond acceptors (Lipinski definition) is 6. The van der Waals surface area contributed by atoms with Crippen LogP contribution in [0.3, 0.4) is 0 Å². The van der Waals surface area contributed by atoms with Crippen LogP contribution in [-0.2, 0) is 10.0 Å². The Morgan fingerprint density at radius 3 is 2.31 bits per heavy atom. The number of sulfonamides is 1. The summed E-state index contributed by atoms with van der Waals surface area (Å²) in [5.74, 6) is 0.206. The number of rotatable bonds is 5. The third kappa shape index (κ3) is 4.12. The van der Waals surface area contributed by atoms with E-state index in [4.69, 9.17) is 16.0 Å². The van der Waals surface area contributed by atoms with Crippen LogP contribution in [0, 0.1) is 10.1 Å². The van der Waals surface area contributed by atoms with Crippen molar-refractivity contribution in [1.29, 1.82) is 0 Å². The molecule has 0 bridgehead atoms. The van der Waals surface area contributed by atoms with Crippen molar-refractivity contribution in [2.75, 3.05) is 26.2 Å². The first-order valence-electron chi connectivity index (χ1n) is 9.66. The van der Waals surface area contributed by atoms with Gasteiger partial charge in [0, 0.05) is 37.8 Å². The molecule has 1 amide bonds. The molecule has 1 saturated heterocycles. The van der Waals surface area contributed by atoms with Gasteiger partial charge < -0.3 is 9.32 Å². The fourth-order valence-electron chi connectivity index (χ4n) is 3.51. The number of amides is 1. The first-order valence-corrected chi connectivity index (χ1v) is 11.5. The number of carbonyl (C=O) groups is 1. The van der Waals surface area contributed by atoms with Gasteiger partial charge in [-0.2, -0.15) is 4.31 Å². The lowest BCUT2D eigenvalue weighted by molar-refractivity contribution is -0.387. The van der Waals surface area contributed by atoms with Gasteiger partial charge >= 0.3 is 0 Å². The van der Waals surface area contributed by atoms with Crippen molar-refractivity contribution in [2.45, 2.75) is 4.90 Å². The number of nitrogens with zero attached hydrogens (tertiary/aromatic N) is 3. The Bertz CT molecular complexity index is 1280. The molecule has 166 valence electrons. The minimum Gasteiger partial charge on any atom is -0.451 e. The van der Waals surface area contributed by atoms with Crippen LogP contribution in [0.5, 0.6) is 0 Å². The maximum absolute atomic E-state index is 12.9. The first-order chi connectivity index (χ1) is 15.3. The molecule has 4 rings (SSSR count). The van der Waals surface area contributed by atoms with E-state index in [1.54, 1.807) is 30.3 Å². The van der Waals surface area contributed by atoms with Crippen LogP contribution in [0.15, 0.2) is 70.0 Å². The molecule has 11 heteroatoms. The van der Waals surface area contributed by atoms with Crippen molar-refractivity contribution in [3.63, 3.8) is 0 Å². The summed E-state index contributed by atoms with van der Waals surface area (Å²) in [7, 11) is -4.07. The summed E-state index contributed by atoms with van der Waals surface area (Å²) in [5.41, 5.74) is 0.183. The molecule has 0 saturated carbocycles. The molecule has 1 fully saturated rings.